The Bertz CT molecular complexity index is 955. The SMILES string of the molecule is O=C(c1cnc2ccc(F)cc2c1NCc1ccncc1)N1CCCCC1. The second-order valence-electron chi connectivity index (χ2n) is 6.77. The van der Waals surface area contributed by atoms with Gasteiger partial charge < -0.3 is 10.2 Å². The number of nitrogens with one attached hydrogen (secondary N) is 1. The van der Waals surface area contributed by atoms with E-state index in [1.165, 1.54) is 12.1 Å². The molecule has 4 rings (SSSR count). The highest BCUT2D eigenvalue weighted by Gasteiger charge is 2.22. The van der Waals surface area contributed by atoms with Crippen LogP contribution < -0.4 is 5.32 Å². The van der Waals surface area contributed by atoms with Gasteiger partial charge in [-0.3, -0.25) is 14.8 Å². The molecule has 2 aromatic heterocycles. The number of hydrogen-bond acceptors (Lipinski definition) is 4. The number of likely N-dealkylation sites (tertiary alicyclic amines) is 1. The number of nitrogens with zero attached hydrogens (tertiary/aromatic N) is 3. The van der Waals surface area contributed by atoms with E-state index in [2.05, 4.69) is 15.3 Å². The number of halogens is 1. The Balaban J connectivity index is 1.73. The molecule has 0 saturated carbocycles. The van der Waals surface area contributed by atoms with Crippen molar-refractivity contribution in [3.8, 4) is 0 Å². The van der Waals surface area contributed by atoms with Gasteiger partial charge in [0.05, 0.1) is 16.8 Å². The number of rotatable bonds is 4. The molecule has 0 bridgehead atoms. The largest absolute Gasteiger partial charge is 0.380 e. The van der Waals surface area contributed by atoms with Crippen LogP contribution in [0.25, 0.3) is 10.9 Å². The van der Waals surface area contributed by atoms with E-state index in [1.54, 1.807) is 24.7 Å². The summed E-state index contributed by atoms with van der Waals surface area (Å²) >= 11 is 0. The van der Waals surface area contributed by atoms with Gasteiger partial charge in [-0.05, 0) is 55.2 Å². The van der Waals surface area contributed by atoms with Crippen LogP contribution in [0.3, 0.4) is 0 Å². The molecule has 0 spiro atoms. The number of pyridine rings is 2. The predicted octanol–water partition coefficient (Wildman–Crippen LogP) is 4.01. The summed E-state index contributed by atoms with van der Waals surface area (Å²) in [4.78, 5) is 23.4. The number of carbonyl (C=O) groups is 1. The summed E-state index contributed by atoms with van der Waals surface area (Å²) in [5, 5.41) is 3.96. The minimum atomic E-state index is -0.348. The van der Waals surface area contributed by atoms with Gasteiger partial charge in [-0.25, -0.2) is 4.39 Å². The number of hydrogen-bond donors (Lipinski definition) is 1. The fraction of sp³-hybridized carbons (Fsp3) is 0.286. The lowest BCUT2D eigenvalue weighted by molar-refractivity contribution is 0.0725. The van der Waals surface area contributed by atoms with Gasteiger partial charge in [0.15, 0.2) is 0 Å². The Labute approximate surface area is 157 Å². The molecule has 1 amide bonds. The van der Waals surface area contributed by atoms with Crippen LogP contribution in [0.5, 0.6) is 0 Å². The first-order chi connectivity index (χ1) is 13.2. The summed E-state index contributed by atoms with van der Waals surface area (Å²) in [5.41, 5.74) is 2.81. The Morgan fingerprint density at radius 1 is 1.11 bits per heavy atom. The Morgan fingerprint density at radius 2 is 1.89 bits per heavy atom. The van der Waals surface area contributed by atoms with Gasteiger partial charge in [0.25, 0.3) is 5.91 Å². The first-order valence-corrected chi connectivity index (χ1v) is 9.23. The molecule has 3 heterocycles. The molecule has 0 aliphatic carbocycles. The number of anilines is 1. The molecule has 3 aromatic rings. The van der Waals surface area contributed by atoms with E-state index in [1.807, 2.05) is 17.0 Å². The van der Waals surface area contributed by atoms with Crippen LogP contribution in [0, 0.1) is 5.82 Å². The Morgan fingerprint density at radius 3 is 2.67 bits per heavy atom. The van der Waals surface area contributed by atoms with E-state index in [4.69, 9.17) is 0 Å². The zero-order chi connectivity index (χ0) is 18.6. The van der Waals surface area contributed by atoms with Crippen molar-refractivity contribution in [3.63, 3.8) is 0 Å². The molecule has 0 atom stereocenters. The van der Waals surface area contributed by atoms with Crippen LogP contribution in [0.4, 0.5) is 10.1 Å². The van der Waals surface area contributed by atoms with Crippen molar-refractivity contribution in [2.24, 2.45) is 0 Å². The van der Waals surface area contributed by atoms with Crippen molar-refractivity contribution < 1.29 is 9.18 Å². The lowest BCUT2D eigenvalue weighted by Crippen LogP contribution is -2.36. The van der Waals surface area contributed by atoms with Crippen LogP contribution in [0.2, 0.25) is 0 Å². The summed E-state index contributed by atoms with van der Waals surface area (Å²) in [7, 11) is 0. The fourth-order valence-electron chi connectivity index (χ4n) is 3.48. The van der Waals surface area contributed by atoms with E-state index < -0.39 is 0 Å². The molecule has 138 valence electrons. The highest BCUT2D eigenvalue weighted by molar-refractivity contribution is 6.07. The third kappa shape index (κ3) is 3.74. The zero-order valence-electron chi connectivity index (χ0n) is 15.0. The maximum atomic E-state index is 13.9. The second-order valence-corrected chi connectivity index (χ2v) is 6.77. The molecule has 6 heteroatoms. The van der Waals surface area contributed by atoms with Gasteiger partial charge in [-0.15, -0.1) is 0 Å². The van der Waals surface area contributed by atoms with E-state index >= 15 is 0 Å². The van der Waals surface area contributed by atoms with Crippen LogP contribution in [-0.2, 0) is 6.54 Å². The molecular weight excluding hydrogens is 343 g/mol. The van der Waals surface area contributed by atoms with Crippen molar-refractivity contribution in [1.82, 2.24) is 14.9 Å². The minimum absolute atomic E-state index is 0.0504. The van der Waals surface area contributed by atoms with Crippen molar-refractivity contribution in [3.05, 3.63) is 65.9 Å². The third-order valence-electron chi connectivity index (χ3n) is 4.92. The van der Waals surface area contributed by atoms with Crippen LogP contribution in [0.15, 0.2) is 48.9 Å². The monoisotopic (exact) mass is 364 g/mol. The number of piperidine rings is 1. The minimum Gasteiger partial charge on any atom is -0.380 e. The highest BCUT2D eigenvalue weighted by atomic mass is 19.1. The summed E-state index contributed by atoms with van der Waals surface area (Å²) in [5.74, 6) is -0.399. The van der Waals surface area contributed by atoms with Gasteiger partial charge in [0.1, 0.15) is 5.82 Å². The van der Waals surface area contributed by atoms with Gasteiger partial charge >= 0.3 is 0 Å². The van der Waals surface area contributed by atoms with Gasteiger partial charge in [-0.1, -0.05) is 0 Å². The fourth-order valence-corrected chi connectivity index (χ4v) is 3.48. The van der Waals surface area contributed by atoms with Gasteiger partial charge in [0, 0.05) is 43.6 Å². The Hall–Kier alpha value is -3.02. The number of fused-ring (bicyclic) bond motifs is 1. The molecule has 0 unspecified atom stereocenters. The van der Waals surface area contributed by atoms with Crippen LogP contribution >= 0.6 is 0 Å². The molecule has 27 heavy (non-hydrogen) atoms. The van der Waals surface area contributed by atoms with Gasteiger partial charge in [-0.2, -0.15) is 0 Å². The molecule has 1 aliphatic heterocycles. The first-order valence-electron chi connectivity index (χ1n) is 9.23. The molecule has 1 fully saturated rings. The smallest absolute Gasteiger partial charge is 0.257 e. The van der Waals surface area contributed by atoms with E-state index in [9.17, 15) is 9.18 Å². The van der Waals surface area contributed by atoms with Gasteiger partial charge in [0.2, 0.25) is 0 Å². The van der Waals surface area contributed by atoms with Crippen molar-refractivity contribution in [2.75, 3.05) is 18.4 Å². The second kappa shape index (κ2) is 7.70. The molecule has 1 aliphatic rings. The molecular formula is C21H21FN4O. The summed E-state index contributed by atoms with van der Waals surface area (Å²) < 4.78 is 13.9. The standard InChI is InChI=1S/C21H21FN4O/c22-16-4-5-19-17(12-16)20(25-13-15-6-8-23-9-7-15)18(14-24-19)21(27)26-10-2-1-3-11-26/h4-9,12,14H,1-3,10-11,13H2,(H,24,25). The number of benzene rings is 1. The van der Waals surface area contributed by atoms with E-state index in [0.717, 1.165) is 37.9 Å². The number of aromatic nitrogens is 2. The van der Waals surface area contributed by atoms with E-state index in [0.29, 0.717) is 28.7 Å². The molecule has 1 aromatic carbocycles. The summed E-state index contributed by atoms with van der Waals surface area (Å²) in [6.07, 6.45) is 8.23. The lowest BCUT2D eigenvalue weighted by Gasteiger charge is -2.27. The topological polar surface area (TPSA) is 58.1 Å². The summed E-state index contributed by atoms with van der Waals surface area (Å²) in [6.45, 7) is 2.02. The molecule has 1 saturated heterocycles. The first kappa shape index (κ1) is 17.4. The van der Waals surface area contributed by atoms with Crippen molar-refractivity contribution >= 4 is 22.5 Å². The van der Waals surface area contributed by atoms with Crippen LogP contribution in [-0.4, -0.2) is 33.9 Å². The highest BCUT2D eigenvalue weighted by Crippen LogP contribution is 2.29. The predicted molar refractivity (Wildman–Crippen MR) is 103 cm³/mol. The van der Waals surface area contributed by atoms with Crippen LogP contribution in [0.1, 0.15) is 35.2 Å². The average Bonchev–Trinajstić information content (AvgIpc) is 2.72. The quantitative estimate of drug-likeness (QED) is 0.760. The summed E-state index contributed by atoms with van der Waals surface area (Å²) in [6, 6.07) is 8.27. The molecule has 0 radical (unpaired) electrons. The third-order valence-corrected chi connectivity index (χ3v) is 4.92. The number of amides is 1. The maximum Gasteiger partial charge on any atom is 0.257 e. The zero-order valence-corrected chi connectivity index (χ0v) is 15.0. The van der Waals surface area contributed by atoms with E-state index in [-0.39, 0.29) is 11.7 Å². The normalized spacial score (nSPS) is 14.3. The maximum absolute atomic E-state index is 13.9. The Kier molecular flexibility index (Phi) is 4.96. The molecule has 5 nitrogen and oxygen atoms in total. The average molecular weight is 364 g/mol. The lowest BCUT2D eigenvalue weighted by atomic mass is 10.1. The van der Waals surface area contributed by atoms with Crippen molar-refractivity contribution in [1.29, 1.82) is 0 Å². The molecule has 1 N–H and O–H groups in total. The van der Waals surface area contributed by atoms with Crippen molar-refractivity contribution in [2.45, 2.75) is 25.8 Å². The number of carbonyl (C=O) groups excluding carboxylic acids is 1.